The highest BCUT2D eigenvalue weighted by molar-refractivity contribution is 5.79. The molecule has 0 aromatic carbocycles. The van der Waals surface area contributed by atoms with Crippen LogP contribution in [0.25, 0.3) is 0 Å². The zero-order valence-electron chi connectivity index (χ0n) is 10.4. The van der Waals surface area contributed by atoms with E-state index in [9.17, 15) is 4.79 Å². The molecule has 0 heterocycles. The van der Waals surface area contributed by atoms with E-state index in [0.29, 0.717) is 26.1 Å². The van der Waals surface area contributed by atoms with Crippen LogP contribution in [0, 0.1) is 29.1 Å². The first-order valence-electron chi connectivity index (χ1n) is 6.41. The van der Waals surface area contributed by atoms with Gasteiger partial charge in [0.05, 0.1) is 19.1 Å². The normalized spacial score (nSPS) is 29.5. The molecule has 94 valence electrons. The van der Waals surface area contributed by atoms with Gasteiger partial charge in [0.15, 0.2) is 0 Å². The van der Waals surface area contributed by atoms with Crippen LogP contribution in [0.3, 0.4) is 0 Å². The van der Waals surface area contributed by atoms with Gasteiger partial charge in [-0.2, -0.15) is 5.26 Å². The fourth-order valence-electron chi connectivity index (χ4n) is 2.89. The number of amides is 1. The van der Waals surface area contributed by atoms with Gasteiger partial charge < -0.3 is 9.64 Å². The number of carbonyl (C=O) groups is 1. The molecular formula is C13H20N2O2. The van der Waals surface area contributed by atoms with E-state index >= 15 is 0 Å². The van der Waals surface area contributed by atoms with Gasteiger partial charge in [0, 0.05) is 26.1 Å². The van der Waals surface area contributed by atoms with Gasteiger partial charge in [-0.25, -0.2) is 0 Å². The number of nitrogens with zero attached hydrogens (tertiary/aromatic N) is 2. The monoisotopic (exact) mass is 236 g/mol. The van der Waals surface area contributed by atoms with Crippen molar-refractivity contribution >= 4 is 5.91 Å². The van der Waals surface area contributed by atoms with E-state index in [0.717, 1.165) is 24.7 Å². The first-order valence-corrected chi connectivity index (χ1v) is 6.41. The molecule has 0 radical (unpaired) electrons. The van der Waals surface area contributed by atoms with Gasteiger partial charge in [0.2, 0.25) is 5.91 Å². The van der Waals surface area contributed by atoms with Gasteiger partial charge >= 0.3 is 0 Å². The van der Waals surface area contributed by atoms with Gasteiger partial charge in [-0.15, -0.1) is 0 Å². The maximum atomic E-state index is 12.3. The number of hydrogen-bond acceptors (Lipinski definition) is 3. The summed E-state index contributed by atoms with van der Waals surface area (Å²) in [5, 5.41) is 8.62. The molecule has 2 unspecified atom stereocenters. The molecule has 2 saturated carbocycles. The lowest BCUT2D eigenvalue weighted by Crippen LogP contribution is -2.38. The van der Waals surface area contributed by atoms with Crippen molar-refractivity contribution in [2.75, 3.05) is 26.8 Å². The molecule has 0 saturated heterocycles. The average molecular weight is 236 g/mol. The fraction of sp³-hybridized carbons (Fsp3) is 0.846. The Morgan fingerprint density at radius 1 is 1.35 bits per heavy atom. The van der Waals surface area contributed by atoms with Crippen molar-refractivity contribution in [2.45, 2.75) is 25.7 Å². The predicted molar refractivity (Wildman–Crippen MR) is 63.0 cm³/mol. The number of fused-ring (bicyclic) bond motifs is 1. The molecule has 2 atom stereocenters. The Bertz CT molecular complexity index is 314. The number of nitriles is 1. The van der Waals surface area contributed by atoms with Crippen LogP contribution in [0.2, 0.25) is 0 Å². The number of carbonyl (C=O) groups excluding carboxylic acids is 1. The maximum absolute atomic E-state index is 12.3. The van der Waals surface area contributed by atoms with Crippen molar-refractivity contribution in [1.82, 2.24) is 4.90 Å². The third-order valence-electron chi connectivity index (χ3n) is 3.96. The highest BCUT2D eigenvalue weighted by Gasteiger charge is 2.48. The van der Waals surface area contributed by atoms with E-state index in [1.807, 2.05) is 4.90 Å². The Kier molecular flexibility index (Phi) is 4.01. The third kappa shape index (κ3) is 2.98. The topological polar surface area (TPSA) is 53.3 Å². The van der Waals surface area contributed by atoms with Crippen LogP contribution in [0.15, 0.2) is 0 Å². The zero-order valence-corrected chi connectivity index (χ0v) is 10.4. The molecule has 4 nitrogen and oxygen atoms in total. The van der Waals surface area contributed by atoms with Crippen LogP contribution in [0.1, 0.15) is 25.7 Å². The quantitative estimate of drug-likeness (QED) is 0.701. The summed E-state index contributed by atoms with van der Waals surface area (Å²) in [7, 11) is 1.64. The van der Waals surface area contributed by atoms with Crippen molar-refractivity contribution in [3.05, 3.63) is 0 Å². The Morgan fingerprint density at radius 2 is 2.06 bits per heavy atom. The first-order chi connectivity index (χ1) is 8.26. The summed E-state index contributed by atoms with van der Waals surface area (Å²) in [6.45, 7) is 1.71. The van der Waals surface area contributed by atoms with E-state index in [1.54, 1.807) is 7.11 Å². The second-order valence-corrected chi connectivity index (χ2v) is 5.15. The smallest absolute Gasteiger partial charge is 0.225 e. The molecule has 0 aromatic heterocycles. The summed E-state index contributed by atoms with van der Waals surface area (Å²) >= 11 is 0. The van der Waals surface area contributed by atoms with Crippen molar-refractivity contribution in [3.8, 4) is 6.07 Å². The molecule has 17 heavy (non-hydrogen) atoms. The number of hydrogen-bond donors (Lipinski definition) is 0. The van der Waals surface area contributed by atoms with E-state index in [-0.39, 0.29) is 11.8 Å². The van der Waals surface area contributed by atoms with Crippen molar-refractivity contribution < 1.29 is 9.53 Å². The van der Waals surface area contributed by atoms with E-state index in [2.05, 4.69) is 6.07 Å². The number of rotatable bonds is 6. The van der Waals surface area contributed by atoms with Crippen LogP contribution in [0.5, 0.6) is 0 Å². The Hall–Kier alpha value is -1.08. The summed E-state index contributed by atoms with van der Waals surface area (Å²) in [5.74, 6) is 2.10. The van der Waals surface area contributed by atoms with E-state index in [1.165, 1.54) is 6.42 Å². The summed E-state index contributed by atoms with van der Waals surface area (Å²) in [6.07, 6.45) is 3.88. The largest absolute Gasteiger partial charge is 0.383 e. The summed E-state index contributed by atoms with van der Waals surface area (Å²) in [6, 6.07) is 2.10. The van der Waals surface area contributed by atoms with E-state index in [4.69, 9.17) is 10.00 Å². The predicted octanol–water partition coefficient (Wildman–Crippen LogP) is 1.42. The summed E-state index contributed by atoms with van der Waals surface area (Å²) in [5.41, 5.74) is 0. The minimum atomic E-state index is 0.217. The molecule has 0 bridgehead atoms. The lowest BCUT2D eigenvalue weighted by Gasteiger charge is -2.25. The summed E-state index contributed by atoms with van der Waals surface area (Å²) in [4.78, 5) is 14.1. The molecule has 2 fully saturated rings. The second kappa shape index (κ2) is 5.50. The van der Waals surface area contributed by atoms with Gasteiger partial charge in [0.1, 0.15) is 0 Å². The van der Waals surface area contributed by atoms with Gasteiger partial charge in [-0.1, -0.05) is 0 Å². The highest BCUT2D eigenvalue weighted by Crippen LogP contribution is 2.54. The number of ether oxygens (including phenoxy) is 1. The third-order valence-corrected chi connectivity index (χ3v) is 3.96. The Labute approximate surface area is 103 Å². The molecule has 0 spiro atoms. The molecule has 2 aliphatic carbocycles. The van der Waals surface area contributed by atoms with Crippen LogP contribution in [-0.2, 0) is 9.53 Å². The second-order valence-electron chi connectivity index (χ2n) is 5.15. The molecule has 1 amide bonds. The minimum Gasteiger partial charge on any atom is -0.383 e. The molecular weight excluding hydrogens is 216 g/mol. The van der Waals surface area contributed by atoms with Gasteiger partial charge in [-0.3, -0.25) is 4.79 Å². The molecule has 2 rings (SSSR count). The van der Waals surface area contributed by atoms with Crippen molar-refractivity contribution in [3.63, 3.8) is 0 Å². The van der Waals surface area contributed by atoms with Crippen LogP contribution < -0.4 is 0 Å². The Morgan fingerprint density at radius 3 is 2.65 bits per heavy atom. The molecule has 0 aliphatic heterocycles. The molecule has 4 heteroatoms. The van der Waals surface area contributed by atoms with Crippen molar-refractivity contribution in [1.29, 1.82) is 5.26 Å². The van der Waals surface area contributed by atoms with Gasteiger partial charge in [-0.05, 0) is 31.1 Å². The molecule has 0 N–H and O–H groups in total. The average Bonchev–Trinajstić information content (AvgIpc) is 2.96. The zero-order chi connectivity index (χ0) is 12.3. The lowest BCUT2D eigenvalue weighted by atomic mass is 10.0. The van der Waals surface area contributed by atoms with Crippen LogP contribution in [0.4, 0.5) is 0 Å². The lowest BCUT2D eigenvalue weighted by molar-refractivity contribution is -0.136. The van der Waals surface area contributed by atoms with Crippen LogP contribution >= 0.6 is 0 Å². The minimum absolute atomic E-state index is 0.217. The maximum Gasteiger partial charge on any atom is 0.225 e. The highest BCUT2D eigenvalue weighted by atomic mass is 16.5. The number of methoxy groups -OCH3 is 1. The first kappa shape index (κ1) is 12.4. The standard InChI is InChI=1S/C13H20N2O2/c1-17-6-5-15(4-2-3-14)13(16)12-8-10-7-11(10)9-12/h10-12H,2,4-9H2,1H3. The molecule has 0 aromatic rings. The Balaban J connectivity index is 1.84. The molecule has 2 aliphatic rings. The van der Waals surface area contributed by atoms with Crippen molar-refractivity contribution in [2.24, 2.45) is 17.8 Å². The van der Waals surface area contributed by atoms with Crippen LogP contribution in [-0.4, -0.2) is 37.6 Å². The fourth-order valence-corrected chi connectivity index (χ4v) is 2.89. The summed E-state index contributed by atoms with van der Waals surface area (Å²) < 4.78 is 5.02. The van der Waals surface area contributed by atoms with E-state index < -0.39 is 0 Å². The SMILES string of the molecule is COCCN(CCC#N)C(=O)C1CC2CC2C1. The van der Waals surface area contributed by atoms with Gasteiger partial charge in [0.25, 0.3) is 0 Å².